The molecule has 0 aliphatic heterocycles. The van der Waals surface area contributed by atoms with Gasteiger partial charge in [-0.15, -0.1) is 0 Å². The Morgan fingerprint density at radius 3 is 1.62 bits per heavy atom. The first-order chi connectivity index (χ1) is 12.0. The van der Waals surface area contributed by atoms with Crippen LogP contribution in [-0.4, -0.2) is 16.9 Å². The van der Waals surface area contributed by atoms with Gasteiger partial charge >= 0.3 is 11.0 Å². The van der Waals surface area contributed by atoms with E-state index < -0.39 is 16.9 Å². The molecule has 2 nitrogen and oxygen atoms in total. The van der Waals surface area contributed by atoms with E-state index in [1.165, 1.54) is 48.5 Å². The number of carbonyl (C=O) groups is 1. The fourth-order valence-corrected chi connectivity index (χ4v) is 2.98. The zero-order valence-electron chi connectivity index (χ0n) is 12.8. The van der Waals surface area contributed by atoms with Crippen molar-refractivity contribution in [3.63, 3.8) is 0 Å². The maximum absolute atomic E-state index is 12.2. The minimum atomic E-state index is -4.40. The first-order valence-electron chi connectivity index (χ1n) is 7.00. The normalized spacial score (nSPS) is 12.1. The van der Waals surface area contributed by atoms with E-state index >= 15 is 0 Å². The quantitative estimate of drug-likeness (QED) is 0.495. The fourth-order valence-electron chi connectivity index (χ4n) is 1.90. The molecule has 0 saturated heterocycles. The van der Waals surface area contributed by atoms with Crippen molar-refractivity contribution >= 4 is 29.4 Å². The van der Waals surface area contributed by atoms with E-state index in [-0.39, 0.29) is 45.4 Å². The van der Waals surface area contributed by atoms with Crippen LogP contribution in [0.25, 0.3) is 0 Å². The van der Waals surface area contributed by atoms with Gasteiger partial charge in [-0.1, -0.05) is 12.1 Å². The average molecular weight is 411 g/mol. The second kappa shape index (κ2) is 8.26. The summed E-state index contributed by atoms with van der Waals surface area (Å²) in [6.07, 6.45) is 0. The van der Waals surface area contributed by atoms with Gasteiger partial charge in [0.2, 0.25) is 0 Å². The molecule has 0 fully saturated rings. The van der Waals surface area contributed by atoms with Gasteiger partial charge < -0.3 is 5.32 Å². The molecule has 0 saturated carbocycles. The van der Waals surface area contributed by atoms with E-state index in [9.17, 15) is 31.1 Å². The third kappa shape index (κ3) is 7.20. The van der Waals surface area contributed by atoms with E-state index in [0.717, 1.165) is 0 Å². The molecular formula is C16H11F6NOS2. The molecule has 0 bridgehead atoms. The highest BCUT2D eigenvalue weighted by Crippen LogP contribution is 2.37. The van der Waals surface area contributed by atoms with Gasteiger partial charge in [-0.05, 0) is 65.5 Å². The highest BCUT2D eigenvalue weighted by Gasteiger charge is 2.29. The van der Waals surface area contributed by atoms with Gasteiger partial charge in [0.15, 0.2) is 0 Å². The zero-order chi connectivity index (χ0) is 19.4. The first kappa shape index (κ1) is 20.5. The molecule has 0 unspecified atom stereocenters. The maximum atomic E-state index is 12.2. The SMILES string of the molecule is O=C(NCc1ccc(SC(F)(F)F)cc1)c1ccc(SC(F)(F)F)cc1. The molecule has 1 amide bonds. The average Bonchev–Trinajstić information content (AvgIpc) is 2.51. The van der Waals surface area contributed by atoms with Gasteiger partial charge in [0.1, 0.15) is 0 Å². The van der Waals surface area contributed by atoms with E-state index in [4.69, 9.17) is 0 Å². The lowest BCUT2D eigenvalue weighted by Crippen LogP contribution is -2.22. The second-order valence-corrected chi connectivity index (χ2v) is 7.22. The van der Waals surface area contributed by atoms with E-state index in [2.05, 4.69) is 5.32 Å². The van der Waals surface area contributed by atoms with E-state index in [1.807, 2.05) is 0 Å². The van der Waals surface area contributed by atoms with E-state index in [1.54, 1.807) is 0 Å². The Balaban J connectivity index is 1.90. The van der Waals surface area contributed by atoms with Crippen LogP contribution in [0.15, 0.2) is 58.3 Å². The topological polar surface area (TPSA) is 29.1 Å². The monoisotopic (exact) mass is 411 g/mol. The van der Waals surface area contributed by atoms with Crippen LogP contribution in [-0.2, 0) is 6.54 Å². The van der Waals surface area contributed by atoms with Crippen molar-refractivity contribution in [1.82, 2.24) is 5.32 Å². The lowest BCUT2D eigenvalue weighted by Gasteiger charge is -2.09. The number of carbonyl (C=O) groups excluding carboxylic acids is 1. The molecule has 2 aromatic rings. The van der Waals surface area contributed by atoms with Gasteiger partial charge in [0.05, 0.1) is 0 Å². The summed E-state index contributed by atoms with van der Waals surface area (Å²) in [6, 6.07) is 10.4. The highest BCUT2D eigenvalue weighted by atomic mass is 32.2. The lowest BCUT2D eigenvalue weighted by molar-refractivity contribution is -0.0337. The van der Waals surface area contributed by atoms with Crippen molar-refractivity contribution in [2.75, 3.05) is 0 Å². The number of halogens is 6. The number of thioether (sulfide) groups is 2. The van der Waals surface area contributed by atoms with Crippen LogP contribution in [0, 0.1) is 0 Å². The van der Waals surface area contributed by atoms with Crippen LogP contribution >= 0.6 is 23.5 Å². The van der Waals surface area contributed by atoms with Gasteiger partial charge in [0, 0.05) is 21.9 Å². The highest BCUT2D eigenvalue weighted by molar-refractivity contribution is 8.00. The number of nitrogens with one attached hydrogen (secondary N) is 1. The summed E-state index contributed by atoms with van der Waals surface area (Å²) in [4.78, 5) is 12.0. The molecule has 140 valence electrons. The summed E-state index contributed by atoms with van der Waals surface area (Å²) in [5.41, 5.74) is -8.00. The second-order valence-electron chi connectivity index (χ2n) is 4.95. The molecule has 10 heteroatoms. The molecule has 26 heavy (non-hydrogen) atoms. The molecule has 0 radical (unpaired) electrons. The predicted octanol–water partition coefficient (Wildman–Crippen LogP) is 5.84. The molecule has 0 aliphatic carbocycles. The summed E-state index contributed by atoms with van der Waals surface area (Å²) in [6.45, 7) is 0.0782. The number of hydrogen-bond donors (Lipinski definition) is 1. The molecule has 0 heterocycles. The number of alkyl halides is 6. The van der Waals surface area contributed by atoms with Crippen molar-refractivity contribution in [1.29, 1.82) is 0 Å². The third-order valence-electron chi connectivity index (χ3n) is 2.96. The van der Waals surface area contributed by atoms with Gasteiger partial charge in [0.25, 0.3) is 5.91 Å². The minimum absolute atomic E-state index is 0.0327. The largest absolute Gasteiger partial charge is 0.446 e. The smallest absolute Gasteiger partial charge is 0.348 e. The number of rotatable bonds is 5. The van der Waals surface area contributed by atoms with E-state index in [0.29, 0.717) is 5.56 Å². The molecule has 0 aliphatic rings. The fraction of sp³-hybridized carbons (Fsp3) is 0.188. The Hall–Kier alpha value is -1.81. The van der Waals surface area contributed by atoms with Crippen molar-refractivity contribution in [2.45, 2.75) is 27.4 Å². The summed E-state index contributed by atoms with van der Waals surface area (Å²) >= 11 is -0.511. The summed E-state index contributed by atoms with van der Waals surface area (Å²) in [7, 11) is 0. The molecule has 2 rings (SSSR count). The molecule has 0 spiro atoms. The summed E-state index contributed by atoms with van der Waals surface area (Å²) in [5, 5.41) is 2.55. The van der Waals surface area contributed by atoms with Crippen LogP contribution in [0.4, 0.5) is 26.3 Å². The van der Waals surface area contributed by atoms with Crippen molar-refractivity contribution < 1.29 is 31.1 Å². The Kier molecular flexibility index (Phi) is 6.51. The van der Waals surface area contributed by atoms with Gasteiger partial charge in [-0.25, -0.2) is 0 Å². The molecule has 1 N–H and O–H groups in total. The summed E-state index contributed by atoms with van der Waals surface area (Å²) < 4.78 is 73.5. The van der Waals surface area contributed by atoms with Crippen LogP contribution in [0.3, 0.4) is 0 Å². The molecule has 0 aromatic heterocycles. The van der Waals surface area contributed by atoms with Crippen LogP contribution in [0.5, 0.6) is 0 Å². The predicted molar refractivity (Wildman–Crippen MR) is 87.9 cm³/mol. The minimum Gasteiger partial charge on any atom is -0.348 e. The first-order valence-corrected chi connectivity index (χ1v) is 8.64. The zero-order valence-corrected chi connectivity index (χ0v) is 14.5. The van der Waals surface area contributed by atoms with Crippen molar-refractivity contribution in [3.8, 4) is 0 Å². The van der Waals surface area contributed by atoms with Crippen LogP contribution in [0.1, 0.15) is 15.9 Å². The van der Waals surface area contributed by atoms with Crippen LogP contribution < -0.4 is 5.32 Å². The summed E-state index contributed by atoms with van der Waals surface area (Å²) in [5.74, 6) is -0.498. The molecule has 0 atom stereocenters. The number of hydrogen-bond acceptors (Lipinski definition) is 3. The van der Waals surface area contributed by atoms with Gasteiger partial charge in [-0.2, -0.15) is 26.3 Å². The Morgan fingerprint density at radius 1 is 0.769 bits per heavy atom. The van der Waals surface area contributed by atoms with Crippen molar-refractivity contribution in [3.05, 3.63) is 59.7 Å². The molecule has 2 aromatic carbocycles. The van der Waals surface area contributed by atoms with Crippen LogP contribution in [0.2, 0.25) is 0 Å². The Bertz CT molecular complexity index is 741. The van der Waals surface area contributed by atoms with Gasteiger partial charge in [-0.3, -0.25) is 4.79 Å². The third-order valence-corrected chi connectivity index (χ3v) is 4.44. The Morgan fingerprint density at radius 2 is 1.19 bits per heavy atom. The van der Waals surface area contributed by atoms with Crippen molar-refractivity contribution in [2.24, 2.45) is 0 Å². The molecular weight excluding hydrogens is 400 g/mol. The maximum Gasteiger partial charge on any atom is 0.446 e. The standard InChI is InChI=1S/C16H11F6NOS2/c17-15(18,19)25-12-5-1-10(2-6-12)9-23-14(24)11-3-7-13(8-4-11)26-16(20,21)22/h1-8H,9H2,(H,23,24). The number of amides is 1. The Labute approximate surface area is 153 Å². The number of benzene rings is 2. The lowest BCUT2D eigenvalue weighted by atomic mass is 10.2.